The minimum absolute atomic E-state index is 0.00444. The molecule has 0 aliphatic rings. The van der Waals surface area contributed by atoms with E-state index in [0.717, 1.165) is 11.1 Å². The first-order valence-electron chi connectivity index (χ1n) is 10.5. The summed E-state index contributed by atoms with van der Waals surface area (Å²) in [5, 5.41) is 0.724. The third-order valence-corrected chi connectivity index (χ3v) is 7.75. The Balaban J connectivity index is 1.85. The Bertz CT molecular complexity index is 1730. The van der Waals surface area contributed by atoms with Crippen LogP contribution in [0.3, 0.4) is 0 Å². The second-order valence-corrected chi connectivity index (χ2v) is 10.4. The Morgan fingerprint density at radius 2 is 1.74 bits per heavy atom. The van der Waals surface area contributed by atoms with Crippen molar-refractivity contribution in [3.8, 4) is 0 Å². The highest BCUT2D eigenvalue weighted by atomic mass is 35.5. The van der Waals surface area contributed by atoms with Crippen molar-refractivity contribution in [2.75, 3.05) is 5.73 Å². The molecule has 0 atom stereocenters. The van der Waals surface area contributed by atoms with Crippen molar-refractivity contribution in [2.45, 2.75) is 23.3 Å². The van der Waals surface area contributed by atoms with Gasteiger partial charge in [-0.15, -0.1) is 0 Å². The molecule has 170 valence electrons. The maximum Gasteiger partial charge on any atom is 0.278 e. The Hall–Kier alpha value is -3.75. The molecule has 0 saturated carbocycles. The van der Waals surface area contributed by atoms with Gasteiger partial charge in [0, 0.05) is 11.2 Å². The lowest BCUT2D eigenvalue weighted by Gasteiger charge is -2.13. The highest BCUT2D eigenvalue weighted by Crippen LogP contribution is 2.27. The number of fused-ring (bicyclic) bond motifs is 2. The van der Waals surface area contributed by atoms with Crippen LogP contribution in [0, 0.1) is 6.92 Å². The second kappa shape index (κ2) is 8.23. The first kappa shape index (κ1) is 22.1. The maximum atomic E-state index is 13.6. The van der Waals surface area contributed by atoms with Gasteiger partial charge in [-0.05, 0) is 55.0 Å². The normalized spacial score (nSPS) is 11.8. The van der Waals surface area contributed by atoms with Gasteiger partial charge in [-0.1, -0.05) is 52.5 Å². The summed E-state index contributed by atoms with van der Waals surface area (Å²) in [7, 11) is -4.01. The van der Waals surface area contributed by atoms with Crippen molar-refractivity contribution in [2.24, 2.45) is 0 Å². The fourth-order valence-electron chi connectivity index (χ4n) is 3.87. The highest BCUT2D eigenvalue weighted by molar-refractivity contribution is 7.91. The van der Waals surface area contributed by atoms with Gasteiger partial charge in [0.05, 0.1) is 11.4 Å². The van der Waals surface area contributed by atoms with Gasteiger partial charge in [0.15, 0.2) is 0 Å². The molecule has 2 aromatic carbocycles. The van der Waals surface area contributed by atoms with Gasteiger partial charge in [-0.25, -0.2) is 13.0 Å². The van der Waals surface area contributed by atoms with Gasteiger partial charge in [0.1, 0.15) is 10.3 Å². The van der Waals surface area contributed by atoms with Crippen molar-refractivity contribution in [1.82, 2.24) is 9.38 Å². The van der Waals surface area contributed by atoms with E-state index in [1.165, 1.54) is 22.6 Å². The van der Waals surface area contributed by atoms with E-state index in [0.29, 0.717) is 16.3 Å². The summed E-state index contributed by atoms with van der Waals surface area (Å²) in [6, 6.07) is 20.1. The van der Waals surface area contributed by atoms with Gasteiger partial charge in [-0.2, -0.15) is 0 Å². The average Bonchev–Trinajstić information content (AvgIpc) is 2.82. The number of rotatable bonds is 4. The van der Waals surface area contributed by atoms with Gasteiger partial charge in [0.25, 0.3) is 11.2 Å². The number of pyridine rings is 2. The molecule has 5 rings (SSSR count). The molecular weight excluding hydrogens is 472 g/mol. The molecular formula is C25H20ClN4O3S+. The van der Waals surface area contributed by atoms with Crippen molar-refractivity contribution in [3.05, 3.63) is 105 Å². The highest BCUT2D eigenvalue weighted by Gasteiger charge is 2.29. The molecule has 3 heterocycles. The van der Waals surface area contributed by atoms with E-state index >= 15 is 0 Å². The van der Waals surface area contributed by atoms with Gasteiger partial charge in [-0.3, -0.25) is 9.20 Å². The zero-order valence-electron chi connectivity index (χ0n) is 18.1. The molecule has 0 amide bonds. The smallest absolute Gasteiger partial charge is 0.278 e. The van der Waals surface area contributed by atoms with Gasteiger partial charge in [0.2, 0.25) is 21.3 Å². The number of aryl methyl sites for hydroxylation is 1. The average molecular weight is 492 g/mol. The van der Waals surface area contributed by atoms with Crippen LogP contribution in [0.1, 0.15) is 11.1 Å². The summed E-state index contributed by atoms with van der Waals surface area (Å²) in [4.78, 5) is 18.0. The number of nitrogens with two attached hydrogens (primary N) is 1. The summed E-state index contributed by atoms with van der Waals surface area (Å²) in [5.74, 6) is -0.00444. The lowest BCUT2D eigenvalue weighted by molar-refractivity contribution is -0.651. The standard InChI is InChI=1S/C25H19ClN4O3S/c1-16-5-11-19(12-6-16)34(32,33)21-14-20-24(28-22-4-2-3-13-29(22)25(20)31)30(23(21)27)15-17-7-9-18(26)10-8-17/h2-14,27H,15H2,1H3/p+1. The molecule has 0 aliphatic heterocycles. The molecule has 0 radical (unpaired) electrons. The number of nitrogen functional groups attached to an aromatic ring is 1. The molecule has 5 aromatic rings. The van der Waals surface area contributed by atoms with E-state index in [9.17, 15) is 13.2 Å². The third-order valence-electron chi connectivity index (χ3n) is 5.70. The largest absolute Gasteiger partial charge is 0.317 e. The lowest BCUT2D eigenvalue weighted by Crippen LogP contribution is -2.42. The minimum atomic E-state index is -4.01. The molecule has 7 nitrogen and oxygen atoms in total. The second-order valence-electron chi connectivity index (χ2n) is 8.01. The number of anilines is 1. The van der Waals surface area contributed by atoms with Crippen LogP contribution in [0.4, 0.5) is 5.82 Å². The third kappa shape index (κ3) is 3.70. The number of benzene rings is 2. The van der Waals surface area contributed by atoms with Crippen LogP contribution in [0.2, 0.25) is 5.02 Å². The lowest BCUT2D eigenvalue weighted by atomic mass is 10.2. The van der Waals surface area contributed by atoms with E-state index in [2.05, 4.69) is 4.98 Å². The molecule has 9 heteroatoms. The zero-order valence-corrected chi connectivity index (χ0v) is 19.7. The van der Waals surface area contributed by atoms with Crippen molar-refractivity contribution < 1.29 is 13.0 Å². The van der Waals surface area contributed by atoms with Crippen LogP contribution in [0.15, 0.2) is 93.6 Å². The minimum Gasteiger partial charge on any atom is -0.317 e. The Morgan fingerprint density at radius 3 is 2.44 bits per heavy atom. The quantitative estimate of drug-likeness (QED) is 0.306. The van der Waals surface area contributed by atoms with Gasteiger partial charge < -0.3 is 5.73 Å². The van der Waals surface area contributed by atoms with Crippen molar-refractivity contribution in [3.63, 3.8) is 0 Å². The van der Waals surface area contributed by atoms with Crippen LogP contribution in [0.25, 0.3) is 16.7 Å². The molecule has 0 bridgehead atoms. The SMILES string of the molecule is Cc1ccc(S(=O)(=O)c2cc3c(=O)n4ccccc4nc3[n+](Cc3ccc(Cl)cc3)c2N)cc1. The van der Waals surface area contributed by atoms with E-state index in [1.54, 1.807) is 53.2 Å². The Labute approximate surface area is 200 Å². The summed E-state index contributed by atoms with van der Waals surface area (Å²) in [6.45, 7) is 2.07. The van der Waals surface area contributed by atoms with Crippen LogP contribution >= 0.6 is 11.6 Å². The summed E-state index contributed by atoms with van der Waals surface area (Å²) in [6.07, 6.45) is 1.60. The van der Waals surface area contributed by atoms with E-state index in [1.807, 2.05) is 19.1 Å². The predicted molar refractivity (Wildman–Crippen MR) is 131 cm³/mol. The van der Waals surface area contributed by atoms with Gasteiger partial charge >= 0.3 is 0 Å². The van der Waals surface area contributed by atoms with Crippen LogP contribution in [-0.4, -0.2) is 17.8 Å². The molecule has 3 aromatic heterocycles. The zero-order chi connectivity index (χ0) is 24.0. The van der Waals surface area contributed by atoms with Crippen LogP contribution in [0.5, 0.6) is 0 Å². The van der Waals surface area contributed by atoms with Crippen molar-refractivity contribution in [1.29, 1.82) is 0 Å². The Morgan fingerprint density at radius 1 is 1.03 bits per heavy atom. The number of hydrogen-bond acceptors (Lipinski definition) is 5. The van der Waals surface area contributed by atoms with E-state index < -0.39 is 9.84 Å². The first-order valence-corrected chi connectivity index (χ1v) is 12.3. The summed E-state index contributed by atoms with van der Waals surface area (Å²) >= 11 is 6.02. The molecule has 0 aliphatic carbocycles. The van der Waals surface area contributed by atoms with E-state index in [-0.39, 0.29) is 33.1 Å². The molecule has 0 fully saturated rings. The number of aromatic nitrogens is 3. The first-order chi connectivity index (χ1) is 16.3. The summed E-state index contributed by atoms with van der Waals surface area (Å²) < 4.78 is 30.1. The number of halogens is 1. The molecule has 0 unspecified atom stereocenters. The van der Waals surface area contributed by atoms with Crippen LogP contribution in [-0.2, 0) is 16.4 Å². The predicted octanol–water partition coefficient (Wildman–Crippen LogP) is 3.56. The van der Waals surface area contributed by atoms with Crippen LogP contribution < -0.4 is 15.9 Å². The number of nitrogens with zero attached hydrogens (tertiary/aromatic N) is 3. The fourth-order valence-corrected chi connectivity index (χ4v) is 5.40. The fraction of sp³-hybridized carbons (Fsp3) is 0.0800. The maximum absolute atomic E-state index is 13.6. The number of sulfone groups is 1. The van der Waals surface area contributed by atoms with Crippen molar-refractivity contribution >= 4 is 43.9 Å². The monoisotopic (exact) mass is 491 g/mol. The topological polar surface area (TPSA) is 98.4 Å². The molecule has 0 spiro atoms. The molecule has 0 saturated heterocycles. The number of hydrogen-bond donors (Lipinski definition) is 1. The molecule has 34 heavy (non-hydrogen) atoms. The summed E-state index contributed by atoms with van der Waals surface area (Å²) in [5.41, 5.74) is 8.58. The van der Waals surface area contributed by atoms with E-state index in [4.69, 9.17) is 17.3 Å². The Kier molecular flexibility index (Phi) is 5.34. The molecule has 2 N–H and O–H groups in total.